The molecule has 2 N–H and O–H groups in total. The van der Waals surface area contributed by atoms with Crippen molar-refractivity contribution in [2.45, 2.75) is 31.8 Å². The van der Waals surface area contributed by atoms with E-state index in [1.54, 1.807) is 0 Å². The van der Waals surface area contributed by atoms with Crippen molar-refractivity contribution in [3.8, 4) is 0 Å². The van der Waals surface area contributed by atoms with Crippen LogP contribution >= 0.6 is 23.6 Å². The number of thiocarbonyl (C=S) groups is 1. The van der Waals surface area contributed by atoms with Crippen molar-refractivity contribution in [3.05, 3.63) is 57.8 Å². The van der Waals surface area contributed by atoms with Gasteiger partial charge in [-0.1, -0.05) is 42.5 Å². The summed E-state index contributed by atoms with van der Waals surface area (Å²) < 4.78 is 0. The molecule has 0 bridgehead atoms. The summed E-state index contributed by atoms with van der Waals surface area (Å²) in [5.41, 5.74) is 8.63. The average Bonchev–Trinajstić information content (AvgIpc) is 2.96. The van der Waals surface area contributed by atoms with Crippen molar-refractivity contribution >= 4 is 28.5 Å². The van der Waals surface area contributed by atoms with Crippen molar-refractivity contribution in [3.63, 3.8) is 0 Å². The van der Waals surface area contributed by atoms with Crippen LogP contribution < -0.4 is 5.73 Å². The normalized spacial score (nSPS) is 20.0. The highest BCUT2D eigenvalue weighted by molar-refractivity contribution is 7.80. The van der Waals surface area contributed by atoms with E-state index >= 15 is 0 Å². The van der Waals surface area contributed by atoms with Gasteiger partial charge in [0.25, 0.3) is 0 Å². The molecule has 2 heterocycles. The molecule has 110 valence electrons. The molecule has 1 aromatic heterocycles. The molecule has 2 atom stereocenters. The Morgan fingerprint density at radius 1 is 1.38 bits per heavy atom. The van der Waals surface area contributed by atoms with Crippen molar-refractivity contribution < 1.29 is 0 Å². The Hall–Kier alpha value is -1.23. The predicted octanol–water partition coefficient (Wildman–Crippen LogP) is 4.08. The number of hydrogen-bond acceptors (Lipinski definition) is 3. The second-order valence-electron chi connectivity index (χ2n) is 5.56. The molecule has 0 aliphatic carbocycles. The summed E-state index contributed by atoms with van der Waals surface area (Å²) >= 11 is 7.07. The van der Waals surface area contributed by atoms with Gasteiger partial charge in [-0.15, -0.1) is 11.3 Å². The maximum absolute atomic E-state index is 5.86. The van der Waals surface area contributed by atoms with Gasteiger partial charge in [0, 0.05) is 29.9 Å². The second-order valence-corrected chi connectivity index (χ2v) is 7.08. The molecule has 0 radical (unpaired) electrons. The number of benzene rings is 1. The SMILES string of the molecule is CC1c2ccsc2CCN1C(CC(N)=S)c1ccccc1. The molecule has 0 saturated carbocycles. The number of nitrogens with two attached hydrogens (primary N) is 1. The summed E-state index contributed by atoms with van der Waals surface area (Å²) in [5.74, 6) is 0. The van der Waals surface area contributed by atoms with Crippen LogP contribution in [-0.2, 0) is 6.42 Å². The van der Waals surface area contributed by atoms with Crippen LogP contribution in [0.5, 0.6) is 0 Å². The van der Waals surface area contributed by atoms with Crippen LogP contribution in [0.2, 0.25) is 0 Å². The van der Waals surface area contributed by atoms with Crippen LogP contribution in [0.15, 0.2) is 41.8 Å². The molecule has 2 nitrogen and oxygen atoms in total. The zero-order valence-electron chi connectivity index (χ0n) is 12.2. The number of rotatable bonds is 4. The topological polar surface area (TPSA) is 29.3 Å². The van der Waals surface area contributed by atoms with Crippen LogP contribution in [-0.4, -0.2) is 16.4 Å². The molecule has 2 aromatic rings. The van der Waals surface area contributed by atoms with Gasteiger partial charge in [-0.3, -0.25) is 4.90 Å². The maximum atomic E-state index is 5.86. The van der Waals surface area contributed by atoms with E-state index in [0.717, 1.165) is 19.4 Å². The molecule has 4 heteroatoms. The van der Waals surface area contributed by atoms with Crippen LogP contribution in [0, 0.1) is 0 Å². The zero-order chi connectivity index (χ0) is 14.8. The average molecular weight is 316 g/mol. The fourth-order valence-electron chi connectivity index (χ4n) is 3.25. The van der Waals surface area contributed by atoms with E-state index in [-0.39, 0.29) is 6.04 Å². The third kappa shape index (κ3) is 3.03. The third-order valence-electron chi connectivity index (χ3n) is 4.30. The molecule has 3 rings (SSSR count). The lowest BCUT2D eigenvalue weighted by Crippen LogP contribution is -2.38. The molecule has 1 aliphatic heterocycles. The highest BCUT2D eigenvalue weighted by atomic mass is 32.1. The number of fused-ring (bicyclic) bond motifs is 1. The van der Waals surface area contributed by atoms with Gasteiger partial charge >= 0.3 is 0 Å². The molecule has 0 spiro atoms. The van der Waals surface area contributed by atoms with Gasteiger partial charge in [0.15, 0.2) is 0 Å². The van der Waals surface area contributed by atoms with Crippen molar-refractivity contribution in [1.29, 1.82) is 0 Å². The third-order valence-corrected chi connectivity index (χ3v) is 5.47. The van der Waals surface area contributed by atoms with Crippen molar-refractivity contribution in [1.82, 2.24) is 4.90 Å². The molecule has 0 fully saturated rings. The van der Waals surface area contributed by atoms with Crippen LogP contribution in [0.1, 0.15) is 41.4 Å². The van der Waals surface area contributed by atoms with Gasteiger partial charge in [0.1, 0.15) is 0 Å². The molecule has 1 aliphatic rings. The molecule has 21 heavy (non-hydrogen) atoms. The smallest absolute Gasteiger partial charge is 0.0746 e. The first-order valence-corrected chi connectivity index (χ1v) is 8.61. The van der Waals surface area contributed by atoms with E-state index in [9.17, 15) is 0 Å². The standard InChI is InChI=1S/C17H20N2S2/c1-12-14-8-10-21-16(14)7-9-19(12)15(11-17(18)20)13-5-3-2-4-6-13/h2-6,8,10,12,15H,7,9,11H2,1H3,(H2,18,20). The Morgan fingerprint density at radius 3 is 2.86 bits per heavy atom. The minimum atomic E-state index is 0.270. The summed E-state index contributed by atoms with van der Waals surface area (Å²) in [6.07, 6.45) is 1.86. The van der Waals surface area contributed by atoms with Gasteiger partial charge in [-0.05, 0) is 35.9 Å². The van der Waals surface area contributed by atoms with E-state index < -0.39 is 0 Å². The molecular formula is C17H20N2S2. The van der Waals surface area contributed by atoms with Crippen LogP contribution in [0.25, 0.3) is 0 Å². The Labute approximate surface area is 135 Å². The van der Waals surface area contributed by atoms with Crippen LogP contribution in [0.3, 0.4) is 0 Å². The quantitative estimate of drug-likeness (QED) is 0.862. The van der Waals surface area contributed by atoms with Gasteiger partial charge in [0.05, 0.1) is 4.99 Å². The van der Waals surface area contributed by atoms with Crippen molar-refractivity contribution in [2.75, 3.05) is 6.54 Å². The first-order valence-electron chi connectivity index (χ1n) is 7.32. The summed E-state index contributed by atoms with van der Waals surface area (Å²) in [4.78, 5) is 4.66. The summed E-state index contributed by atoms with van der Waals surface area (Å²) in [5, 5.41) is 2.20. The molecule has 0 saturated heterocycles. The monoisotopic (exact) mass is 316 g/mol. The first-order chi connectivity index (χ1) is 10.2. The first kappa shape index (κ1) is 14.7. The summed E-state index contributed by atoms with van der Waals surface area (Å²) in [6, 6.07) is 13.5. The molecule has 2 unspecified atom stereocenters. The molecule has 1 aromatic carbocycles. The highest BCUT2D eigenvalue weighted by Crippen LogP contribution is 2.39. The zero-order valence-corrected chi connectivity index (χ0v) is 13.8. The highest BCUT2D eigenvalue weighted by Gasteiger charge is 2.31. The van der Waals surface area contributed by atoms with Gasteiger partial charge in [-0.2, -0.15) is 0 Å². The molecular weight excluding hydrogens is 296 g/mol. The lowest BCUT2D eigenvalue weighted by Gasteiger charge is -2.40. The fraction of sp³-hybridized carbons (Fsp3) is 0.353. The van der Waals surface area contributed by atoms with Crippen LogP contribution in [0.4, 0.5) is 0 Å². The number of nitrogens with zero attached hydrogens (tertiary/aromatic N) is 1. The van der Waals surface area contributed by atoms with Gasteiger partial charge in [-0.25, -0.2) is 0 Å². The van der Waals surface area contributed by atoms with E-state index in [2.05, 4.69) is 53.6 Å². The van der Waals surface area contributed by atoms with E-state index in [0.29, 0.717) is 11.0 Å². The van der Waals surface area contributed by atoms with Crippen molar-refractivity contribution in [2.24, 2.45) is 5.73 Å². The maximum Gasteiger partial charge on any atom is 0.0746 e. The summed E-state index contributed by atoms with van der Waals surface area (Å²) in [7, 11) is 0. The Balaban J connectivity index is 1.92. The van der Waals surface area contributed by atoms with Gasteiger partial charge < -0.3 is 5.73 Å². The lowest BCUT2D eigenvalue weighted by atomic mass is 9.94. The minimum absolute atomic E-state index is 0.270. The fourth-order valence-corrected chi connectivity index (χ4v) is 4.37. The van der Waals surface area contributed by atoms with E-state index in [1.165, 1.54) is 16.0 Å². The Bertz CT molecular complexity index is 621. The Kier molecular flexibility index (Phi) is 4.38. The number of hydrogen-bond donors (Lipinski definition) is 1. The Morgan fingerprint density at radius 2 is 2.14 bits per heavy atom. The lowest BCUT2D eigenvalue weighted by molar-refractivity contribution is 0.138. The van der Waals surface area contributed by atoms with Gasteiger partial charge in [0.2, 0.25) is 0 Å². The largest absolute Gasteiger partial charge is 0.393 e. The van der Waals surface area contributed by atoms with E-state index in [4.69, 9.17) is 18.0 Å². The molecule has 0 amide bonds. The number of thiophene rings is 1. The van der Waals surface area contributed by atoms with E-state index in [1.807, 2.05) is 11.3 Å². The minimum Gasteiger partial charge on any atom is -0.393 e. The predicted molar refractivity (Wildman–Crippen MR) is 93.7 cm³/mol. The summed E-state index contributed by atoms with van der Waals surface area (Å²) in [6.45, 7) is 3.36. The second kappa shape index (κ2) is 6.26.